The number of benzene rings is 1. The Labute approximate surface area is 168 Å². The van der Waals surface area contributed by atoms with E-state index in [2.05, 4.69) is 28.3 Å². The fraction of sp³-hybridized carbons (Fsp3) is 0.238. The number of amides is 2. The van der Waals surface area contributed by atoms with E-state index in [0.717, 1.165) is 41.6 Å². The maximum Gasteiger partial charge on any atom is 0.286 e. The first-order chi connectivity index (χ1) is 13.5. The van der Waals surface area contributed by atoms with Crippen LogP contribution >= 0.6 is 11.8 Å². The molecule has 144 valence electrons. The lowest BCUT2D eigenvalue weighted by Crippen LogP contribution is -2.23. The van der Waals surface area contributed by atoms with Gasteiger partial charge in [0.25, 0.3) is 5.91 Å². The van der Waals surface area contributed by atoms with Crippen LogP contribution in [0.2, 0.25) is 0 Å². The predicted molar refractivity (Wildman–Crippen MR) is 111 cm³/mol. The van der Waals surface area contributed by atoms with E-state index in [9.17, 15) is 9.59 Å². The highest BCUT2D eigenvalue weighted by Crippen LogP contribution is 2.27. The second-order valence-corrected chi connectivity index (χ2v) is 7.22. The van der Waals surface area contributed by atoms with Crippen molar-refractivity contribution in [2.45, 2.75) is 26.7 Å². The molecule has 6 nitrogen and oxygen atoms in total. The Kier molecular flexibility index (Phi) is 6.60. The zero-order valence-electron chi connectivity index (χ0n) is 15.8. The van der Waals surface area contributed by atoms with E-state index in [0.29, 0.717) is 16.7 Å². The number of ether oxygens (including phenoxy) is 1. The Morgan fingerprint density at radius 1 is 1.21 bits per heavy atom. The molecular formula is C21H21N3O3S. The standard InChI is InChI=1S/C21H21N3O3S/c1-3-15-4-7-17(22-13-15)10-11-27-18-8-5-16(6-9-18)12-19-20(26)24-21(28-19)23-14(2)25/h4-9,12-13H,3,10-11H2,1-2H3,(H,23,24,25,26)/b19-12-. The summed E-state index contributed by atoms with van der Waals surface area (Å²) in [4.78, 5) is 31.7. The molecule has 1 aromatic carbocycles. The van der Waals surface area contributed by atoms with Gasteiger partial charge in [0.2, 0.25) is 5.91 Å². The first kappa shape index (κ1) is 19.8. The van der Waals surface area contributed by atoms with Crippen LogP contribution in [0, 0.1) is 0 Å². The van der Waals surface area contributed by atoms with Gasteiger partial charge in [-0.05, 0) is 53.6 Å². The number of amidine groups is 1. The normalized spacial score (nSPS) is 14.9. The fourth-order valence-electron chi connectivity index (χ4n) is 2.51. The van der Waals surface area contributed by atoms with Crippen LogP contribution in [0.1, 0.15) is 30.7 Å². The van der Waals surface area contributed by atoms with Crippen molar-refractivity contribution in [3.05, 3.63) is 64.3 Å². The molecule has 1 aliphatic rings. The summed E-state index contributed by atoms with van der Waals surface area (Å²) in [6, 6.07) is 11.6. The number of carbonyl (C=O) groups excluding carboxylic acids is 2. The predicted octanol–water partition coefficient (Wildman–Crippen LogP) is 3.37. The number of carbonyl (C=O) groups is 2. The maximum absolute atomic E-state index is 11.9. The molecular weight excluding hydrogens is 374 g/mol. The number of aryl methyl sites for hydroxylation is 1. The first-order valence-corrected chi connectivity index (χ1v) is 9.82. The van der Waals surface area contributed by atoms with E-state index in [1.165, 1.54) is 12.5 Å². The molecule has 0 saturated heterocycles. The molecule has 7 heteroatoms. The van der Waals surface area contributed by atoms with Crippen molar-refractivity contribution in [2.24, 2.45) is 4.99 Å². The Bertz CT molecular complexity index is 919. The molecule has 2 aromatic rings. The van der Waals surface area contributed by atoms with E-state index >= 15 is 0 Å². The second-order valence-electron chi connectivity index (χ2n) is 6.19. The Hall–Kier alpha value is -2.93. The summed E-state index contributed by atoms with van der Waals surface area (Å²) in [5.74, 6) is 0.155. The molecule has 0 bridgehead atoms. The van der Waals surface area contributed by atoms with Crippen LogP contribution in [0.3, 0.4) is 0 Å². The molecule has 2 heterocycles. The van der Waals surface area contributed by atoms with Crippen molar-refractivity contribution in [1.82, 2.24) is 10.3 Å². The molecule has 3 rings (SSSR count). The first-order valence-electron chi connectivity index (χ1n) is 9.00. The molecule has 0 atom stereocenters. The van der Waals surface area contributed by atoms with Gasteiger partial charge >= 0.3 is 0 Å². The average Bonchev–Trinajstić information content (AvgIpc) is 3.02. The van der Waals surface area contributed by atoms with E-state index in [1.54, 1.807) is 6.08 Å². The van der Waals surface area contributed by atoms with Gasteiger partial charge in [-0.3, -0.25) is 14.6 Å². The molecule has 1 N–H and O–H groups in total. The van der Waals surface area contributed by atoms with Crippen molar-refractivity contribution < 1.29 is 14.3 Å². The topological polar surface area (TPSA) is 80.6 Å². The van der Waals surface area contributed by atoms with Gasteiger partial charge in [0.15, 0.2) is 5.17 Å². The summed E-state index contributed by atoms with van der Waals surface area (Å²) in [5, 5.41) is 2.84. The van der Waals surface area contributed by atoms with Crippen molar-refractivity contribution in [1.29, 1.82) is 0 Å². The number of hydrogen-bond acceptors (Lipinski definition) is 5. The van der Waals surface area contributed by atoms with Gasteiger partial charge in [-0.1, -0.05) is 25.1 Å². The summed E-state index contributed by atoms with van der Waals surface area (Å²) >= 11 is 1.15. The highest BCUT2D eigenvalue weighted by atomic mass is 32.2. The zero-order chi connectivity index (χ0) is 19.9. The van der Waals surface area contributed by atoms with E-state index in [1.807, 2.05) is 36.5 Å². The van der Waals surface area contributed by atoms with Crippen molar-refractivity contribution in [2.75, 3.05) is 6.61 Å². The lowest BCUT2D eigenvalue weighted by molar-refractivity contribution is -0.117. The number of thioether (sulfide) groups is 1. The van der Waals surface area contributed by atoms with Gasteiger partial charge < -0.3 is 10.1 Å². The third-order valence-corrected chi connectivity index (χ3v) is 4.90. The minimum Gasteiger partial charge on any atom is -0.493 e. The molecule has 0 fully saturated rings. The van der Waals surface area contributed by atoms with Gasteiger partial charge in [0.1, 0.15) is 5.75 Å². The lowest BCUT2D eigenvalue weighted by atomic mass is 10.2. The molecule has 28 heavy (non-hydrogen) atoms. The molecule has 1 aliphatic heterocycles. The Morgan fingerprint density at radius 3 is 2.64 bits per heavy atom. The van der Waals surface area contributed by atoms with Crippen molar-refractivity contribution in [3.63, 3.8) is 0 Å². The number of pyridine rings is 1. The molecule has 0 spiro atoms. The summed E-state index contributed by atoms with van der Waals surface area (Å²) in [7, 11) is 0. The maximum atomic E-state index is 11.9. The number of aromatic nitrogens is 1. The monoisotopic (exact) mass is 395 g/mol. The van der Waals surface area contributed by atoms with E-state index in [4.69, 9.17) is 4.74 Å². The highest BCUT2D eigenvalue weighted by Gasteiger charge is 2.22. The van der Waals surface area contributed by atoms with Gasteiger partial charge in [-0.25, -0.2) is 0 Å². The van der Waals surface area contributed by atoms with Gasteiger partial charge in [0, 0.05) is 25.2 Å². The molecule has 0 aliphatic carbocycles. The molecule has 0 radical (unpaired) electrons. The number of rotatable bonds is 6. The number of aliphatic imine (C=N–C) groups is 1. The summed E-state index contributed by atoms with van der Waals surface area (Å²) in [5.41, 5.74) is 3.09. The summed E-state index contributed by atoms with van der Waals surface area (Å²) < 4.78 is 5.77. The summed E-state index contributed by atoms with van der Waals surface area (Å²) in [6.07, 6.45) is 5.37. The highest BCUT2D eigenvalue weighted by molar-refractivity contribution is 8.18. The van der Waals surface area contributed by atoms with Crippen molar-refractivity contribution >= 4 is 34.8 Å². The van der Waals surface area contributed by atoms with Crippen LogP contribution < -0.4 is 10.1 Å². The lowest BCUT2D eigenvalue weighted by Gasteiger charge is -2.07. The zero-order valence-corrected chi connectivity index (χ0v) is 16.6. The average molecular weight is 395 g/mol. The van der Waals surface area contributed by atoms with Crippen LogP contribution in [0.25, 0.3) is 6.08 Å². The number of nitrogens with one attached hydrogen (secondary N) is 1. The van der Waals surface area contributed by atoms with E-state index < -0.39 is 0 Å². The van der Waals surface area contributed by atoms with Crippen LogP contribution in [-0.4, -0.2) is 28.6 Å². The second kappa shape index (κ2) is 9.32. The molecule has 2 amide bonds. The number of nitrogens with zero attached hydrogens (tertiary/aromatic N) is 2. The minimum absolute atomic E-state index is 0.252. The smallest absolute Gasteiger partial charge is 0.286 e. The van der Waals surface area contributed by atoms with Gasteiger partial charge in [-0.15, -0.1) is 0 Å². The van der Waals surface area contributed by atoms with E-state index in [-0.39, 0.29) is 11.8 Å². The number of hydrogen-bond donors (Lipinski definition) is 1. The van der Waals surface area contributed by atoms with Crippen LogP contribution in [0.5, 0.6) is 5.75 Å². The molecule has 0 unspecified atom stereocenters. The molecule has 1 aromatic heterocycles. The quantitative estimate of drug-likeness (QED) is 0.759. The third kappa shape index (κ3) is 5.53. The fourth-order valence-corrected chi connectivity index (χ4v) is 3.37. The van der Waals surface area contributed by atoms with Crippen molar-refractivity contribution in [3.8, 4) is 5.75 Å². The Balaban J connectivity index is 1.52. The van der Waals surface area contributed by atoms with Crippen LogP contribution in [0.15, 0.2) is 52.5 Å². The largest absolute Gasteiger partial charge is 0.493 e. The molecule has 0 saturated carbocycles. The third-order valence-electron chi connectivity index (χ3n) is 4.00. The van der Waals surface area contributed by atoms with Gasteiger partial charge in [0.05, 0.1) is 11.5 Å². The van der Waals surface area contributed by atoms with Gasteiger partial charge in [-0.2, -0.15) is 4.99 Å². The SMILES string of the molecule is CCc1ccc(CCOc2ccc(/C=C3\SC(NC(C)=O)=NC3=O)cc2)nc1. The van der Waals surface area contributed by atoms with Crippen LogP contribution in [-0.2, 0) is 22.4 Å². The minimum atomic E-state index is -0.351. The van der Waals surface area contributed by atoms with Crippen LogP contribution in [0.4, 0.5) is 0 Å². The summed E-state index contributed by atoms with van der Waals surface area (Å²) in [6.45, 7) is 4.03. The Morgan fingerprint density at radius 2 is 2.00 bits per heavy atom.